The van der Waals surface area contributed by atoms with Gasteiger partial charge in [-0.3, -0.25) is 4.79 Å². The van der Waals surface area contributed by atoms with Crippen LogP contribution in [-0.2, 0) is 26.3 Å². The molecule has 0 amide bonds. The van der Waals surface area contributed by atoms with Crippen molar-refractivity contribution >= 4 is 14.1 Å². The molecule has 0 bridgehead atoms. The van der Waals surface area contributed by atoms with Crippen LogP contribution in [0.2, 0.25) is 19.6 Å². The summed E-state index contributed by atoms with van der Waals surface area (Å²) >= 11 is 0. The number of hydrogen-bond donors (Lipinski definition) is 0. The zero-order chi connectivity index (χ0) is 16.8. The van der Waals surface area contributed by atoms with E-state index < -0.39 is 31.5 Å². The smallest absolute Gasteiger partial charge is 0.875 e. The van der Waals surface area contributed by atoms with Gasteiger partial charge < -0.3 is 9.53 Å². The number of carbonyl (C=O) groups excluding carboxylic acids is 1. The molecule has 0 aromatic rings. The molecule has 0 aromatic heterocycles. The van der Waals surface area contributed by atoms with E-state index in [4.69, 9.17) is 4.43 Å². The Kier molecular flexibility index (Phi) is 11.2. The second-order valence-electron chi connectivity index (χ2n) is 6.02. The fourth-order valence-electron chi connectivity index (χ4n) is 0.667. The normalized spacial score (nSPS) is 12.5. The molecule has 0 fully saturated rings. The van der Waals surface area contributed by atoms with Crippen LogP contribution < -0.4 is 5.11 Å². The van der Waals surface area contributed by atoms with Gasteiger partial charge in [0.05, 0.1) is 6.26 Å². The van der Waals surface area contributed by atoms with Crippen LogP contribution in [0.1, 0.15) is 20.8 Å². The van der Waals surface area contributed by atoms with E-state index >= 15 is 0 Å². The molecule has 0 heterocycles. The maximum Gasteiger partial charge on any atom is 1.00 e. The van der Waals surface area contributed by atoms with E-state index in [2.05, 4.69) is 26.2 Å². The summed E-state index contributed by atoms with van der Waals surface area (Å²) < 4.78 is 40.1. The molecule has 0 unspecified atom stereocenters. The van der Waals surface area contributed by atoms with Crippen LogP contribution in [0.15, 0.2) is 24.7 Å². The summed E-state index contributed by atoms with van der Waals surface area (Å²) in [6, 6.07) is 0. The SMILES string of the molecule is C=CO[Si](C)(C)C.CC(C)(C)/C([O-])=C/C(=O)C(F)(F)F.[Cu+]. The Morgan fingerprint density at radius 2 is 1.57 bits per heavy atom. The van der Waals surface area contributed by atoms with Gasteiger partial charge in [-0.1, -0.05) is 27.4 Å². The number of rotatable bonds is 3. The standard InChI is InChI=1S/C8H11F3O2.C5H12OSi.Cu/c1-7(2,3)5(12)4-6(13)8(9,10)11;1-5-6-7(2,3)4;/h4,12H,1-3H3;5H,1H2,2-4H3;/q;;+1/p-1/b5-4-;;. The summed E-state index contributed by atoms with van der Waals surface area (Å²) in [5.41, 5.74) is -0.957. The number of hydrogen-bond acceptors (Lipinski definition) is 3. The van der Waals surface area contributed by atoms with E-state index in [1.54, 1.807) is 0 Å². The molecule has 21 heavy (non-hydrogen) atoms. The molecule has 0 aliphatic carbocycles. The van der Waals surface area contributed by atoms with Crippen molar-refractivity contribution in [3.63, 3.8) is 0 Å². The molecule has 0 saturated carbocycles. The summed E-state index contributed by atoms with van der Waals surface area (Å²) in [4.78, 5) is 10.3. The maximum atomic E-state index is 11.7. The van der Waals surface area contributed by atoms with Crippen molar-refractivity contribution in [1.29, 1.82) is 0 Å². The van der Waals surface area contributed by atoms with Gasteiger partial charge in [-0.15, -0.1) is 5.76 Å². The Balaban J connectivity index is -0.000000347. The molecule has 0 atom stereocenters. The van der Waals surface area contributed by atoms with E-state index in [1.165, 1.54) is 27.0 Å². The van der Waals surface area contributed by atoms with Gasteiger partial charge in [-0.25, -0.2) is 0 Å². The molecule has 0 saturated heterocycles. The number of halogens is 3. The minimum atomic E-state index is -4.96. The monoisotopic (exact) mass is 374 g/mol. The summed E-state index contributed by atoms with van der Waals surface area (Å²) in [5.74, 6) is -2.93. The van der Waals surface area contributed by atoms with Gasteiger partial charge in [0, 0.05) is 0 Å². The van der Waals surface area contributed by atoms with Crippen molar-refractivity contribution in [2.75, 3.05) is 0 Å². The van der Waals surface area contributed by atoms with Gasteiger partial charge in [0.1, 0.15) is 0 Å². The first kappa shape index (κ1) is 25.2. The summed E-state index contributed by atoms with van der Waals surface area (Å²) in [6.45, 7) is 14.1. The Bertz CT molecular complexity index is 366. The average Bonchev–Trinajstić information content (AvgIpc) is 2.13. The predicted molar refractivity (Wildman–Crippen MR) is 73.2 cm³/mol. The molecule has 0 aliphatic heterocycles. The Morgan fingerprint density at radius 3 is 1.71 bits per heavy atom. The van der Waals surface area contributed by atoms with Crippen LogP contribution in [0.4, 0.5) is 13.2 Å². The largest absolute Gasteiger partial charge is 1.00 e. The molecule has 0 rings (SSSR count). The Hall–Kier alpha value is -0.724. The summed E-state index contributed by atoms with van der Waals surface area (Å²) in [7, 11) is -1.28. The number of allylic oxidation sites excluding steroid dienone is 2. The first-order chi connectivity index (χ1) is 8.61. The molecule has 0 N–H and O–H groups in total. The third-order valence-electron chi connectivity index (χ3n) is 1.72. The van der Waals surface area contributed by atoms with Crippen molar-refractivity contribution < 1.29 is 44.6 Å². The fourth-order valence-corrected chi connectivity index (χ4v) is 1.17. The van der Waals surface area contributed by atoms with Crippen molar-refractivity contribution in [3.05, 3.63) is 24.7 Å². The number of carbonyl (C=O) groups is 1. The minimum absolute atomic E-state index is 0. The van der Waals surface area contributed by atoms with Gasteiger partial charge >= 0.3 is 23.2 Å². The zero-order valence-electron chi connectivity index (χ0n) is 13.0. The predicted octanol–water partition coefficient (Wildman–Crippen LogP) is 3.39. The Morgan fingerprint density at radius 1 is 1.19 bits per heavy atom. The van der Waals surface area contributed by atoms with E-state index in [0.717, 1.165) is 0 Å². The zero-order valence-corrected chi connectivity index (χ0v) is 15.0. The molecular formula is C13H22CuF3O3Si. The van der Waals surface area contributed by atoms with Crippen molar-refractivity contribution in [2.45, 2.75) is 46.6 Å². The van der Waals surface area contributed by atoms with Crippen LogP contribution in [0, 0.1) is 5.41 Å². The van der Waals surface area contributed by atoms with Gasteiger partial charge in [0.25, 0.3) is 5.78 Å². The number of alkyl halides is 3. The molecule has 0 spiro atoms. The van der Waals surface area contributed by atoms with E-state index in [1.807, 2.05) is 0 Å². The quantitative estimate of drug-likeness (QED) is 0.432. The Labute approximate surface area is 135 Å². The average molecular weight is 375 g/mol. The molecule has 128 valence electrons. The van der Waals surface area contributed by atoms with Gasteiger partial charge in [-0.05, 0) is 31.1 Å². The van der Waals surface area contributed by atoms with Crippen LogP contribution in [-0.4, -0.2) is 20.3 Å². The molecule has 8 heteroatoms. The third kappa shape index (κ3) is 15.5. The van der Waals surface area contributed by atoms with Crippen LogP contribution in [0.5, 0.6) is 0 Å². The van der Waals surface area contributed by atoms with Crippen LogP contribution in [0.3, 0.4) is 0 Å². The number of ketones is 1. The maximum absolute atomic E-state index is 11.7. The van der Waals surface area contributed by atoms with E-state index in [0.29, 0.717) is 0 Å². The van der Waals surface area contributed by atoms with Crippen molar-refractivity contribution in [1.82, 2.24) is 0 Å². The second-order valence-corrected chi connectivity index (χ2v) is 10.5. The van der Waals surface area contributed by atoms with Crippen molar-refractivity contribution in [2.24, 2.45) is 5.41 Å². The van der Waals surface area contributed by atoms with Crippen LogP contribution >= 0.6 is 0 Å². The molecule has 0 aromatic carbocycles. The first-order valence-corrected chi connectivity index (χ1v) is 9.31. The van der Waals surface area contributed by atoms with Crippen LogP contribution in [0.25, 0.3) is 0 Å². The topological polar surface area (TPSA) is 49.4 Å². The van der Waals surface area contributed by atoms with Gasteiger partial charge in [0.2, 0.25) is 8.32 Å². The molecular weight excluding hydrogens is 353 g/mol. The third-order valence-corrected chi connectivity index (χ3v) is 2.59. The summed E-state index contributed by atoms with van der Waals surface area (Å²) in [5, 5.41) is 10.9. The second kappa shape index (κ2) is 9.33. The molecule has 0 radical (unpaired) electrons. The van der Waals surface area contributed by atoms with Gasteiger partial charge in [0.15, 0.2) is 0 Å². The molecule has 0 aliphatic rings. The fraction of sp³-hybridized carbons (Fsp3) is 0.615. The van der Waals surface area contributed by atoms with Crippen molar-refractivity contribution in [3.8, 4) is 0 Å². The van der Waals surface area contributed by atoms with Gasteiger partial charge in [-0.2, -0.15) is 13.2 Å². The van der Waals surface area contributed by atoms with E-state index in [-0.39, 0.29) is 23.1 Å². The molecule has 3 nitrogen and oxygen atoms in total. The summed E-state index contributed by atoms with van der Waals surface area (Å²) in [6.07, 6.45) is -3.34. The van der Waals surface area contributed by atoms with E-state index in [9.17, 15) is 23.1 Å². The first-order valence-electron chi connectivity index (χ1n) is 5.90. The minimum Gasteiger partial charge on any atom is -0.875 e.